The van der Waals surface area contributed by atoms with Gasteiger partial charge in [-0.15, -0.1) is 23.8 Å². The average molecular weight is 597 g/mol. The number of halogens is 3. The number of rotatable bonds is 5. The Morgan fingerprint density at radius 2 is 1.71 bits per heavy atom. The van der Waals surface area contributed by atoms with Crippen LogP contribution in [0.15, 0.2) is 72.9 Å². The van der Waals surface area contributed by atoms with Gasteiger partial charge in [-0.3, -0.25) is 0 Å². The molecule has 31 heavy (non-hydrogen) atoms. The zero-order valence-electron chi connectivity index (χ0n) is 17.0. The van der Waals surface area contributed by atoms with Crippen LogP contribution >= 0.6 is 0 Å². The Kier molecular flexibility index (Phi) is 7.30. The summed E-state index contributed by atoms with van der Waals surface area (Å²) in [6, 6.07) is 22.4. The molecule has 0 bridgehead atoms. The molecular weight excluding hydrogens is 576 g/mol. The molecule has 0 saturated carbocycles. The third-order valence-corrected chi connectivity index (χ3v) is 5.27. The summed E-state index contributed by atoms with van der Waals surface area (Å²) in [7, 11) is 0. The number of alkyl halides is 3. The summed E-state index contributed by atoms with van der Waals surface area (Å²) < 4.78 is 41.2. The van der Waals surface area contributed by atoms with Gasteiger partial charge in [0.05, 0.1) is 0 Å². The third kappa shape index (κ3) is 5.05. The van der Waals surface area contributed by atoms with Crippen molar-refractivity contribution in [1.82, 2.24) is 4.98 Å². The molecule has 4 rings (SSSR count). The maximum absolute atomic E-state index is 13.7. The van der Waals surface area contributed by atoms with Gasteiger partial charge in [-0.25, -0.2) is 0 Å². The Bertz CT molecular complexity index is 1160. The molecule has 0 spiro atoms. The van der Waals surface area contributed by atoms with E-state index in [-0.39, 0.29) is 25.7 Å². The fourth-order valence-corrected chi connectivity index (χ4v) is 3.67. The fourth-order valence-electron chi connectivity index (χ4n) is 3.67. The topological polar surface area (TPSA) is 12.9 Å². The van der Waals surface area contributed by atoms with Crippen molar-refractivity contribution >= 4 is 10.8 Å². The van der Waals surface area contributed by atoms with E-state index in [0.29, 0.717) is 16.8 Å². The normalized spacial score (nSPS) is 11.4. The molecular formula is C26H21F3IrN-. The molecule has 1 aromatic heterocycles. The van der Waals surface area contributed by atoms with E-state index in [1.807, 2.05) is 42.5 Å². The van der Waals surface area contributed by atoms with Gasteiger partial charge in [-0.1, -0.05) is 67.4 Å². The minimum absolute atomic E-state index is 0. The maximum atomic E-state index is 13.7. The number of benzene rings is 3. The van der Waals surface area contributed by atoms with Gasteiger partial charge in [0.2, 0.25) is 0 Å². The molecule has 0 N–H and O–H groups in total. The molecule has 0 atom stereocenters. The number of hydrogen-bond donors (Lipinski definition) is 0. The predicted molar refractivity (Wildman–Crippen MR) is 115 cm³/mol. The SMILES string of the molecule is CCCCc1ccc(-c2cc(-c3nccc4ccccc34)[c-]cc2C(F)(F)F)cc1.[Ir]. The summed E-state index contributed by atoms with van der Waals surface area (Å²) in [6.07, 6.45) is 0.277. The van der Waals surface area contributed by atoms with Gasteiger partial charge in [-0.2, -0.15) is 13.2 Å². The Balaban J connectivity index is 0.00000272. The van der Waals surface area contributed by atoms with E-state index in [0.717, 1.165) is 41.7 Å². The standard InChI is InChI=1S/C26H21F3N.Ir/c1-2-3-6-18-9-11-20(12-10-18)23-17-21(13-14-24(23)26(27,28)29)25-22-8-5-4-7-19(22)15-16-30-25;/h4-5,7-12,14-17H,2-3,6H2,1H3;/q-1;. The van der Waals surface area contributed by atoms with Crippen molar-refractivity contribution in [3.05, 3.63) is 90.1 Å². The summed E-state index contributed by atoms with van der Waals surface area (Å²) in [5, 5.41) is 1.87. The van der Waals surface area contributed by atoms with Crippen LogP contribution in [0.2, 0.25) is 0 Å². The number of unbranched alkanes of at least 4 members (excludes halogenated alkanes) is 1. The smallest absolute Gasteiger partial charge is 0.304 e. The summed E-state index contributed by atoms with van der Waals surface area (Å²) in [5.74, 6) is 0. The number of nitrogens with zero attached hydrogens (tertiary/aromatic N) is 1. The van der Waals surface area contributed by atoms with Crippen molar-refractivity contribution in [1.29, 1.82) is 0 Å². The quantitative estimate of drug-likeness (QED) is 0.215. The third-order valence-electron chi connectivity index (χ3n) is 5.27. The van der Waals surface area contributed by atoms with E-state index in [1.165, 1.54) is 0 Å². The molecule has 161 valence electrons. The van der Waals surface area contributed by atoms with Crippen molar-refractivity contribution in [2.24, 2.45) is 0 Å². The first-order chi connectivity index (χ1) is 14.5. The second kappa shape index (κ2) is 9.76. The van der Waals surface area contributed by atoms with E-state index in [4.69, 9.17) is 0 Å². The van der Waals surface area contributed by atoms with Gasteiger partial charge >= 0.3 is 6.18 Å². The van der Waals surface area contributed by atoms with Gasteiger partial charge < -0.3 is 4.98 Å². The zero-order valence-corrected chi connectivity index (χ0v) is 19.4. The van der Waals surface area contributed by atoms with Crippen molar-refractivity contribution < 1.29 is 33.3 Å². The molecule has 1 radical (unpaired) electrons. The van der Waals surface area contributed by atoms with E-state index < -0.39 is 11.7 Å². The molecule has 0 aliphatic heterocycles. The van der Waals surface area contributed by atoms with Crippen molar-refractivity contribution in [2.45, 2.75) is 32.4 Å². The van der Waals surface area contributed by atoms with Gasteiger partial charge in [-0.05, 0) is 52.1 Å². The largest absolute Gasteiger partial charge is 0.382 e. The molecule has 0 amide bonds. The summed E-state index contributed by atoms with van der Waals surface area (Å²) >= 11 is 0. The van der Waals surface area contributed by atoms with Crippen LogP contribution in [-0.2, 0) is 32.7 Å². The second-order valence-corrected chi connectivity index (χ2v) is 7.35. The number of fused-ring (bicyclic) bond motifs is 1. The number of pyridine rings is 1. The summed E-state index contributed by atoms with van der Waals surface area (Å²) in [4.78, 5) is 4.44. The van der Waals surface area contributed by atoms with E-state index in [2.05, 4.69) is 18.0 Å². The Morgan fingerprint density at radius 1 is 0.968 bits per heavy atom. The monoisotopic (exact) mass is 597 g/mol. The van der Waals surface area contributed by atoms with E-state index >= 15 is 0 Å². The summed E-state index contributed by atoms with van der Waals surface area (Å²) in [6.45, 7) is 2.12. The predicted octanol–water partition coefficient (Wildman–Crippen LogP) is 7.73. The molecule has 3 aromatic carbocycles. The van der Waals surface area contributed by atoms with Crippen LogP contribution in [0.25, 0.3) is 33.2 Å². The first-order valence-corrected chi connectivity index (χ1v) is 10.0. The van der Waals surface area contributed by atoms with Crippen LogP contribution in [-0.4, -0.2) is 4.98 Å². The second-order valence-electron chi connectivity index (χ2n) is 7.35. The first kappa shape index (κ1) is 23.2. The van der Waals surface area contributed by atoms with Crippen LogP contribution in [0.3, 0.4) is 0 Å². The van der Waals surface area contributed by atoms with E-state index in [9.17, 15) is 13.2 Å². The number of hydrogen-bond acceptors (Lipinski definition) is 1. The summed E-state index contributed by atoms with van der Waals surface area (Å²) in [5.41, 5.74) is 2.30. The van der Waals surface area contributed by atoms with Crippen molar-refractivity contribution in [3.63, 3.8) is 0 Å². The van der Waals surface area contributed by atoms with Crippen LogP contribution in [0, 0.1) is 6.07 Å². The molecule has 0 fully saturated rings. The molecule has 0 unspecified atom stereocenters. The van der Waals surface area contributed by atoms with Crippen molar-refractivity contribution in [2.75, 3.05) is 0 Å². The minimum atomic E-state index is -4.46. The molecule has 0 aliphatic carbocycles. The fraction of sp³-hybridized carbons (Fsp3) is 0.192. The molecule has 1 nitrogen and oxygen atoms in total. The molecule has 1 heterocycles. The van der Waals surface area contributed by atoms with Gasteiger partial charge in [0.15, 0.2) is 0 Å². The zero-order chi connectivity index (χ0) is 21.1. The van der Waals surface area contributed by atoms with Crippen LogP contribution < -0.4 is 0 Å². The number of aryl methyl sites for hydroxylation is 1. The maximum Gasteiger partial charge on any atom is 0.382 e. The van der Waals surface area contributed by atoms with Gasteiger partial charge in [0.25, 0.3) is 0 Å². The molecule has 0 aliphatic rings. The van der Waals surface area contributed by atoms with Gasteiger partial charge in [0.1, 0.15) is 0 Å². The molecule has 0 saturated heterocycles. The van der Waals surface area contributed by atoms with Crippen LogP contribution in [0.4, 0.5) is 13.2 Å². The van der Waals surface area contributed by atoms with Crippen LogP contribution in [0.5, 0.6) is 0 Å². The molecule has 4 aromatic rings. The van der Waals surface area contributed by atoms with E-state index in [1.54, 1.807) is 24.4 Å². The van der Waals surface area contributed by atoms with Crippen molar-refractivity contribution in [3.8, 4) is 22.4 Å². The van der Waals surface area contributed by atoms with Gasteiger partial charge in [0, 0.05) is 26.3 Å². The Hall–Kier alpha value is -2.49. The number of aromatic nitrogens is 1. The minimum Gasteiger partial charge on any atom is -0.304 e. The first-order valence-electron chi connectivity index (χ1n) is 10.0. The Labute approximate surface area is 193 Å². The van der Waals surface area contributed by atoms with Crippen LogP contribution in [0.1, 0.15) is 30.9 Å². The molecule has 5 heteroatoms. The Morgan fingerprint density at radius 3 is 2.42 bits per heavy atom. The average Bonchev–Trinajstić information content (AvgIpc) is 2.76.